The van der Waals surface area contributed by atoms with Crippen LogP contribution in [0.4, 0.5) is 0 Å². The van der Waals surface area contributed by atoms with Crippen molar-refractivity contribution in [3.8, 4) is 0 Å². The predicted octanol–water partition coefficient (Wildman–Crippen LogP) is 1.92. The summed E-state index contributed by atoms with van der Waals surface area (Å²) in [5.41, 5.74) is 0.848. The molecule has 2 amide bonds. The van der Waals surface area contributed by atoms with E-state index in [0.717, 1.165) is 64.7 Å². The summed E-state index contributed by atoms with van der Waals surface area (Å²) >= 11 is 0. The second-order valence-electron chi connectivity index (χ2n) is 8.07. The van der Waals surface area contributed by atoms with Crippen LogP contribution in [-0.4, -0.2) is 60.4 Å². The minimum Gasteiger partial charge on any atom is -0.352 e. The van der Waals surface area contributed by atoms with Crippen molar-refractivity contribution < 1.29 is 9.59 Å². The topological polar surface area (TPSA) is 52.7 Å². The quantitative estimate of drug-likeness (QED) is 0.878. The van der Waals surface area contributed by atoms with Gasteiger partial charge in [-0.2, -0.15) is 0 Å². The molecule has 4 rings (SSSR count). The van der Waals surface area contributed by atoms with Crippen molar-refractivity contribution in [2.45, 2.75) is 50.0 Å². The zero-order valence-corrected chi connectivity index (χ0v) is 15.5. The molecule has 1 aromatic rings. The third-order valence-corrected chi connectivity index (χ3v) is 6.16. The second-order valence-corrected chi connectivity index (χ2v) is 8.07. The third kappa shape index (κ3) is 3.63. The van der Waals surface area contributed by atoms with Crippen molar-refractivity contribution in [3.05, 3.63) is 35.9 Å². The number of amides is 2. The summed E-state index contributed by atoms with van der Waals surface area (Å²) < 4.78 is 0. The Bertz CT molecular complexity index is 642. The van der Waals surface area contributed by atoms with Gasteiger partial charge in [-0.3, -0.25) is 14.5 Å². The van der Waals surface area contributed by atoms with Gasteiger partial charge < -0.3 is 10.2 Å². The van der Waals surface area contributed by atoms with Crippen molar-refractivity contribution in [2.75, 3.05) is 32.7 Å². The first-order valence-electron chi connectivity index (χ1n) is 10.0. The molecule has 2 saturated carbocycles. The van der Waals surface area contributed by atoms with E-state index in [2.05, 4.69) is 22.3 Å². The number of rotatable bonds is 5. The zero-order chi connectivity index (χ0) is 18.0. The molecule has 3 aliphatic rings. The molecule has 140 valence electrons. The monoisotopic (exact) mass is 355 g/mol. The summed E-state index contributed by atoms with van der Waals surface area (Å²) in [4.78, 5) is 29.6. The number of nitrogens with one attached hydrogen (secondary N) is 1. The van der Waals surface area contributed by atoms with Crippen molar-refractivity contribution in [2.24, 2.45) is 0 Å². The van der Waals surface area contributed by atoms with E-state index < -0.39 is 0 Å². The molecule has 0 bridgehead atoms. The van der Waals surface area contributed by atoms with E-state index >= 15 is 0 Å². The van der Waals surface area contributed by atoms with Crippen LogP contribution < -0.4 is 5.32 Å². The first kappa shape index (κ1) is 17.5. The number of piperazine rings is 1. The molecular formula is C21H29N3O2. The van der Waals surface area contributed by atoms with Gasteiger partial charge >= 0.3 is 0 Å². The number of benzene rings is 1. The van der Waals surface area contributed by atoms with E-state index in [1.54, 1.807) is 0 Å². The van der Waals surface area contributed by atoms with E-state index in [0.29, 0.717) is 18.5 Å². The first-order chi connectivity index (χ1) is 12.7. The number of hydrogen-bond acceptors (Lipinski definition) is 3. The summed E-state index contributed by atoms with van der Waals surface area (Å²) in [7, 11) is 0. The molecule has 2 aliphatic carbocycles. The standard InChI is InChI=1S/C21H29N3O2/c25-19(22-18-8-9-18)16-23-12-14-24(15-13-23)20(26)21(10-4-5-11-21)17-6-2-1-3-7-17/h1-3,6-7,18H,4-5,8-16H2,(H,22,25). The van der Waals surface area contributed by atoms with Gasteiger partial charge in [0.2, 0.25) is 11.8 Å². The van der Waals surface area contributed by atoms with E-state index in [9.17, 15) is 9.59 Å². The second kappa shape index (κ2) is 7.39. The molecule has 1 saturated heterocycles. The van der Waals surface area contributed by atoms with Crippen LogP contribution in [0.5, 0.6) is 0 Å². The summed E-state index contributed by atoms with van der Waals surface area (Å²) in [5, 5.41) is 3.05. The van der Waals surface area contributed by atoms with Crippen LogP contribution in [0.2, 0.25) is 0 Å². The van der Waals surface area contributed by atoms with E-state index in [4.69, 9.17) is 0 Å². The molecule has 0 atom stereocenters. The number of carbonyl (C=O) groups is 2. The lowest BCUT2D eigenvalue weighted by Gasteiger charge is -2.40. The molecule has 1 N–H and O–H groups in total. The minimum atomic E-state index is -0.327. The van der Waals surface area contributed by atoms with Gasteiger partial charge in [-0.1, -0.05) is 43.2 Å². The lowest BCUT2D eigenvalue weighted by Crippen LogP contribution is -2.55. The molecule has 0 unspecified atom stereocenters. The van der Waals surface area contributed by atoms with Gasteiger partial charge in [0.25, 0.3) is 0 Å². The molecule has 3 fully saturated rings. The highest BCUT2D eigenvalue weighted by Crippen LogP contribution is 2.42. The van der Waals surface area contributed by atoms with Crippen LogP contribution in [-0.2, 0) is 15.0 Å². The zero-order valence-electron chi connectivity index (χ0n) is 15.5. The van der Waals surface area contributed by atoms with Gasteiger partial charge in [0.15, 0.2) is 0 Å². The number of carbonyl (C=O) groups excluding carboxylic acids is 2. The minimum absolute atomic E-state index is 0.129. The van der Waals surface area contributed by atoms with E-state index in [1.807, 2.05) is 23.1 Å². The fourth-order valence-electron chi connectivity index (χ4n) is 4.48. The molecule has 5 nitrogen and oxygen atoms in total. The third-order valence-electron chi connectivity index (χ3n) is 6.16. The number of nitrogens with zero attached hydrogens (tertiary/aromatic N) is 2. The Morgan fingerprint density at radius 2 is 1.65 bits per heavy atom. The first-order valence-corrected chi connectivity index (χ1v) is 10.0. The Morgan fingerprint density at radius 3 is 2.27 bits per heavy atom. The average molecular weight is 355 g/mol. The van der Waals surface area contributed by atoms with Crippen LogP contribution in [0.25, 0.3) is 0 Å². The largest absolute Gasteiger partial charge is 0.352 e. The van der Waals surface area contributed by atoms with Crippen LogP contribution in [0.3, 0.4) is 0 Å². The molecule has 0 radical (unpaired) electrons. The maximum absolute atomic E-state index is 13.4. The van der Waals surface area contributed by atoms with Gasteiger partial charge in [-0.25, -0.2) is 0 Å². The Balaban J connectivity index is 1.37. The van der Waals surface area contributed by atoms with Crippen LogP contribution in [0.1, 0.15) is 44.1 Å². The molecule has 1 aromatic carbocycles. The summed E-state index contributed by atoms with van der Waals surface area (Å²) in [6.07, 6.45) is 6.41. The average Bonchev–Trinajstić information content (AvgIpc) is 3.34. The molecule has 1 aliphatic heterocycles. The van der Waals surface area contributed by atoms with Crippen LogP contribution in [0.15, 0.2) is 30.3 Å². The van der Waals surface area contributed by atoms with Gasteiger partial charge in [0, 0.05) is 32.2 Å². The highest BCUT2D eigenvalue weighted by atomic mass is 16.2. The van der Waals surface area contributed by atoms with E-state index in [-0.39, 0.29) is 11.3 Å². The Kier molecular flexibility index (Phi) is 4.98. The van der Waals surface area contributed by atoms with Crippen molar-refractivity contribution in [1.82, 2.24) is 15.1 Å². The highest BCUT2D eigenvalue weighted by Gasteiger charge is 2.45. The van der Waals surface area contributed by atoms with Gasteiger partial charge in [0.1, 0.15) is 0 Å². The Hall–Kier alpha value is -1.88. The fraction of sp³-hybridized carbons (Fsp3) is 0.619. The molecular weight excluding hydrogens is 326 g/mol. The molecule has 0 spiro atoms. The SMILES string of the molecule is O=C(CN1CCN(C(=O)C2(c3ccccc3)CCCC2)CC1)NC1CC1. The molecule has 0 aromatic heterocycles. The number of hydrogen-bond donors (Lipinski definition) is 1. The lowest BCUT2D eigenvalue weighted by atomic mass is 9.77. The Morgan fingerprint density at radius 1 is 1.00 bits per heavy atom. The predicted molar refractivity (Wildman–Crippen MR) is 101 cm³/mol. The molecule has 1 heterocycles. The maximum Gasteiger partial charge on any atom is 0.234 e. The van der Waals surface area contributed by atoms with Crippen LogP contribution in [0, 0.1) is 0 Å². The smallest absolute Gasteiger partial charge is 0.234 e. The van der Waals surface area contributed by atoms with Crippen molar-refractivity contribution >= 4 is 11.8 Å². The molecule has 26 heavy (non-hydrogen) atoms. The fourth-order valence-corrected chi connectivity index (χ4v) is 4.48. The summed E-state index contributed by atoms with van der Waals surface area (Å²) in [6, 6.07) is 10.7. The molecule has 5 heteroatoms. The maximum atomic E-state index is 13.4. The van der Waals surface area contributed by atoms with Crippen LogP contribution >= 0.6 is 0 Å². The highest BCUT2D eigenvalue weighted by molar-refractivity contribution is 5.89. The van der Waals surface area contributed by atoms with E-state index in [1.165, 1.54) is 5.56 Å². The summed E-state index contributed by atoms with van der Waals surface area (Å²) in [5.74, 6) is 0.423. The van der Waals surface area contributed by atoms with Gasteiger partial charge in [-0.15, -0.1) is 0 Å². The van der Waals surface area contributed by atoms with Gasteiger partial charge in [0.05, 0.1) is 12.0 Å². The Labute approximate surface area is 155 Å². The van der Waals surface area contributed by atoms with Crippen molar-refractivity contribution in [3.63, 3.8) is 0 Å². The summed E-state index contributed by atoms with van der Waals surface area (Å²) in [6.45, 7) is 3.49. The van der Waals surface area contributed by atoms with Gasteiger partial charge in [-0.05, 0) is 31.2 Å². The lowest BCUT2D eigenvalue weighted by molar-refractivity contribution is -0.139. The van der Waals surface area contributed by atoms with Crippen molar-refractivity contribution in [1.29, 1.82) is 0 Å². The normalized spacial score (nSPS) is 23.0.